The van der Waals surface area contributed by atoms with Crippen molar-refractivity contribution >= 4 is 11.6 Å². The topological polar surface area (TPSA) is 107 Å². The monoisotopic (exact) mass is 353 g/mol. The summed E-state index contributed by atoms with van der Waals surface area (Å²) in [6, 6.07) is 7.18. The molecule has 136 valence electrons. The maximum absolute atomic E-state index is 10.2. The van der Waals surface area contributed by atoms with Gasteiger partial charge in [-0.1, -0.05) is 0 Å². The Bertz CT molecular complexity index is 813. The van der Waals surface area contributed by atoms with Crippen LogP contribution in [0, 0.1) is 10.8 Å². The number of phenols is 1. The van der Waals surface area contributed by atoms with Crippen LogP contribution in [0.15, 0.2) is 48.8 Å². The molecule has 1 fully saturated rings. The average Bonchev–Trinajstić information content (AvgIpc) is 3.14. The zero-order valence-electron chi connectivity index (χ0n) is 14.6. The maximum atomic E-state index is 10.2. The van der Waals surface area contributed by atoms with E-state index >= 15 is 0 Å². The van der Waals surface area contributed by atoms with E-state index in [4.69, 9.17) is 15.6 Å². The Kier molecular flexibility index (Phi) is 5.48. The molecule has 3 rings (SSSR count). The van der Waals surface area contributed by atoms with Gasteiger partial charge in [0.05, 0.1) is 11.4 Å². The lowest BCUT2D eigenvalue weighted by Gasteiger charge is -2.28. The molecule has 2 unspecified atom stereocenters. The van der Waals surface area contributed by atoms with Crippen molar-refractivity contribution in [3.8, 4) is 11.4 Å². The minimum absolute atomic E-state index is 0.00715. The lowest BCUT2D eigenvalue weighted by Crippen LogP contribution is -2.39. The third-order valence-electron chi connectivity index (χ3n) is 4.31. The van der Waals surface area contributed by atoms with Crippen molar-refractivity contribution in [2.24, 2.45) is 0 Å². The molecule has 0 amide bonds. The summed E-state index contributed by atoms with van der Waals surface area (Å²) in [6.07, 6.45) is 8.12. The van der Waals surface area contributed by atoms with E-state index in [1.807, 2.05) is 0 Å². The molecule has 1 saturated heterocycles. The Morgan fingerprint density at radius 2 is 2.23 bits per heavy atom. The minimum atomic E-state index is -0.00715. The Morgan fingerprint density at radius 3 is 2.92 bits per heavy atom. The van der Waals surface area contributed by atoms with Gasteiger partial charge in [-0.3, -0.25) is 5.41 Å². The molecule has 1 aromatic heterocycles. The predicted molar refractivity (Wildman–Crippen MR) is 100 cm³/mol. The molecule has 0 spiro atoms. The summed E-state index contributed by atoms with van der Waals surface area (Å²) < 4.78 is 7.26. The molecule has 2 aromatic rings. The molecular formula is C19H23N5O2. The molecule has 0 saturated carbocycles. The van der Waals surface area contributed by atoms with E-state index in [0.717, 1.165) is 19.4 Å². The zero-order chi connectivity index (χ0) is 18.5. The normalized spacial score (nSPS) is 20.2. The smallest absolute Gasteiger partial charge is 0.206 e. The average molecular weight is 353 g/mol. The molecule has 2 heterocycles. The molecule has 0 radical (unpaired) electrons. The second-order valence-corrected chi connectivity index (χ2v) is 6.38. The summed E-state index contributed by atoms with van der Waals surface area (Å²) in [7, 11) is 0. The van der Waals surface area contributed by atoms with Crippen LogP contribution in [0.25, 0.3) is 5.69 Å². The van der Waals surface area contributed by atoms with Gasteiger partial charge in [0.2, 0.25) is 5.90 Å². The minimum Gasteiger partial charge on any atom is -0.507 e. The Morgan fingerprint density at radius 1 is 1.38 bits per heavy atom. The van der Waals surface area contributed by atoms with Gasteiger partial charge < -0.3 is 20.6 Å². The summed E-state index contributed by atoms with van der Waals surface area (Å²) in [5.74, 6) is 0.0220. The number of rotatable bonds is 5. The van der Waals surface area contributed by atoms with E-state index in [1.54, 1.807) is 41.3 Å². The van der Waals surface area contributed by atoms with Crippen LogP contribution < -0.4 is 5.32 Å². The molecular weight excluding hydrogens is 330 g/mol. The van der Waals surface area contributed by atoms with Crippen molar-refractivity contribution in [2.45, 2.75) is 31.9 Å². The number of allylic oxidation sites excluding steroid dienone is 1. The number of hydrogen-bond donors (Lipinski definition) is 4. The lowest BCUT2D eigenvalue weighted by molar-refractivity contribution is 0.133. The number of benzene rings is 1. The molecule has 0 aliphatic carbocycles. The van der Waals surface area contributed by atoms with Crippen LogP contribution in [-0.4, -0.2) is 45.2 Å². The van der Waals surface area contributed by atoms with Gasteiger partial charge in [-0.2, -0.15) is 5.10 Å². The summed E-state index contributed by atoms with van der Waals surface area (Å²) >= 11 is 0. The van der Waals surface area contributed by atoms with E-state index in [1.165, 1.54) is 12.2 Å². The standard InChI is InChI=1S/C19H23N5O2/c1-13-11-15(7-9-22-13)26-19(21)6-5-17(20)16-4-3-14(12-18(16)25)24-10-2-8-23-24/h2-6,8,10,12-13,15,20-22,25H,7,9,11H2,1H3/b6-5-,20-17?,21-19?. The lowest BCUT2D eigenvalue weighted by atomic mass is 10.0. The number of nitrogens with zero attached hydrogens (tertiary/aromatic N) is 2. The number of aromatic nitrogens is 2. The molecule has 1 aliphatic heterocycles. The number of aromatic hydroxyl groups is 1. The van der Waals surface area contributed by atoms with Crippen molar-refractivity contribution < 1.29 is 9.84 Å². The van der Waals surface area contributed by atoms with Crippen molar-refractivity contribution in [1.82, 2.24) is 15.1 Å². The van der Waals surface area contributed by atoms with Gasteiger partial charge in [-0.15, -0.1) is 0 Å². The van der Waals surface area contributed by atoms with Crippen LogP contribution >= 0.6 is 0 Å². The van der Waals surface area contributed by atoms with E-state index in [2.05, 4.69) is 17.3 Å². The van der Waals surface area contributed by atoms with Gasteiger partial charge in [-0.25, -0.2) is 4.68 Å². The van der Waals surface area contributed by atoms with Crippen molar-refractivity contribution in [1.29, 1.82) is 10.8 Å². The van der Waals surface area contributed by atoms with E-state index in [9.17, 15) is 5.11 Å². The van der Waals surface area contributed by atoms with E-state index in [0.29, 0.717) is 17.3 Å². The molecule has 26 heavy (non-hydrogen) atoms. The first kappa shape index (κ1) is 17.9. The second kappa shape index (κ2) is 7.97. The molecule has 7 heteroatoms. The van der Waals surface area contributed by atoms with Gasteiger partial charge in [-0.05, 0) is 50.6 Å². The molecule has 1 aliphatic rings. The summed E-state index contributed by atoms with van der Waals surface area (Å²) in [5, 5.41) is 33.7. The number of piperidine rings is 1. The molecule has 0 bridgehead atoms. The van der Waals surface area contributed by atoms with Crippen molar-refractivity contribution in [3.63, 3.8) is 0 Å². The van der Waals surface area contributed by atoms with Gasteiger partial charge >= 0.3 is 0 Å². The Labute approximate surface area is 152 Å². The quantitative estimate of drug-likeness (QED) is 0.489. The first-order chi connectivity index (χ1) is 12.5. The van der Waals surface area contributed by atoms with Gasteiger partial charge in [0, 0.05) is 36.1 Å². The molecule has 7 nitrogen and oxygen atoms in total. The maximum Gasteiger partial charge on any atom is 0.206 e. The van der Waals surface area contributed by atoms with Crippen LogP contribution in [0.3, 0.4) is 0 Å². The Hall–Kier alpha value is -2.93. The third kappa shape index (κ3) is 4.37. The first-order valence-electron chi connectivity index (χ1n) is 8.61. The molecule has 1 aromatic carbocycles. The highest BCUT2D eigenvalue weighted by Gasteiger charge is 2.20. The molecule has 4 N–H and O–H groups in total. The first-order valence-corrected chi connectivity index (χ1v) is 8.61. The Balaban J connectivity index is 1.62. The fourth-order valence-electron chi connectivity index (χ4n) is 2.97. The summed E-state index contributed by atoms with van der Waals surface area (Å²) in [5.41, 5.74) is 1.21. The highest BCUT2D eigenvalue weighted by atomic mass is 16.5. The zero-order valence-corrected chi connectivity index (χ0v) is 14.6. The number of hydrogen-bond acceptors (Lipinski definition) is 6. The van der Waals surface area contributed by atoms with Crippen LogP contribution in [-0.2, 0) is 4.74 Å². The SMILES string of the molecule is CC1CC(OC(=N)/C=C\C(=N)c2ccc(-n3cccn3)cc2O)CCN1. The predicted octanol–water partition coefficient (Wildman–Crippen LogP) is 2.64. The van der Waals surface area contributed by atoms with Crippen LogP contribution in [0.2, 0.25) is 0 Å². The third-order valence-corrected chi connectivity index (χ3v) is 4.31. The number of ether oxygens (including phenoxy) is 1. The number of nitrogens with one attached hydrogen (secondary N) is 3. The van der Waals surface area contributed by atoms with Gasteiger partial charge in [0.25, 0.3) is 0 Å². The second-order valence-electron chi connectivity index (χ2n) is 6.38. The highest BCUT2D eigenvalue weighted by molar-refractivity contribution is 6.10. The van der Waals surface area contributed by atoms with E-state index in [-0.39, 0.29) is 23.5 Å². The number of phenolic OH excluding ortho intramolecular Hbond substituents is 1. The van der Waals surface area contributed by atoms with Gasteiger partial charge in [0.15, 0.2) is 0 Å². The molecule has 2 atom stereocenters. The fraction of sp³-hybridized carbons (Fsp3) is 0.316. The van der Waals surface area contributed by atoms with Crippen LogP contribution in [0.4, 0.5) is 0 Å². The summed E-state index contributed by atoms with van der Waals surface area (Å²) in [4.78, 5) is 0. The largest absolute Gasteiger partial charge is 0.507 e. The van der Waals surface area contributed by atoms with Crippen molar-refractivity contribution in [2.75, 3.05) is 6.54 Å². The van der Waals surface area contributed by atoms with Crippen LogP contribution in [0.5, 0.6) is 5.75 Å². The van der Waals surface area contributed by atoms with Crippen molar-refractivity contribution in [3.05, 3.63) is 54.4 Å². The van der Waals surface area contributed by atoms with Crippen LogP contribution in [0.1, 0.15) is 25.3 Å². The van der Waals surface area contributed by atoms with E-state index < -0.39 is 0 Å². The summed E-state index contributed by atoms with van der Waals surface area (Å²) in [6.45, 7) is 2.98. The fourth-order valence-corrected chi connectivity index (χ4v) is 2.97. The van der Waals surface area contributed by atoms with Gasteiger partial charge in [0.1, 0.15) is 11.9 Å². The highest BCUT2D eigenvalue weighted by Crippen LogP contribution is 2.22.